The third kappa shape index (κ3) is 2.97. The quantitative estimate of drug-likeness (QED) is 0.677. The van der Waals surface area contributed by atoms with Gasteiger partial charge in [0.1, 0.15) is 0 Å². The molecule has 1 aromatic heterocycles. The van der Waals surface area contributed by atoms with Crippen molar-refractivity contribution in [1.82, 2.24) is 4.90 Å². The molecule has 14 heavy (non-hydrogen) atoms. The molecule has 2 rings (SSSR count). The Hall–Kier alpha value is -0.0500. The highest BCUT2D eigenvalue weighted by Crippen LogP contribution is 2.28. The van der Waals surface area contributed by atoms with Crippen molar-refractivity contribution in [2.24, 2.45) is 0 Å². The summed E-state index contributed by atoms with van der Waals surface area (Å²) in [5, 5.41) is 4.40. The zero-order valence-corrected chi connectivity index (χ0v) is 9.86. The first kappa shape index (κ1) is 10.5. The Morgan fingerprint density at radius 2 is 2.36 bits per heavy atom. The number of thiophene rings is 1. The highest BCUT2D eigenvalue weighted by atomic mass is 35.5. The van der Waals surface area contributed by atoms with Crippen LogP contribution < -0.4 is 0 Å². The fraction of sp³-hybridized carbons (Fsp3) is 0.636. The van der Waals surface area contributed by atoms with Crippen LogP contribution in [0.25, 0.3) is 0 Å². The van der Waals surface area contributed by atoms with E-state index in [4.69, 9.17) is 11.6 Å². The molecule has 1 aliphatic carbocycles. The summed E-state index contributed by atoms with van der Waals surface area (Å²) in [5.41, 5.74) is 1.46. The maximum atomic E-state index is 5.73. The lowest BCUT2D eigenvalue weighted by Crippen LogP contribution is -2.26. The van der Waals surface area contributed by atoms with Gasteiger partial charge in [0.05, 0.1) is 0 Å². The molecule has 0 bridgehead atoms. The molecule has 1 saturated carbocycles. The predicted octanol–water partition coefficient (Wildman–Crippen LogP) is 3.34. The van der Waals surface area contributed by atoms with Gasteiger partial charge < -0.3 is 0 Å². The van der Waals surface area contributed by atoms with Crippen molar-refractivity contribution in [2.45, 2.75) is 31.8 Å². The van der Waals surface area contributed by atoms with Gasteiger partial charge >= 0.3 is 0 Å². The summed E-state index contributed by atoms with van der Waals surface area (Å²) in [6, 6.07) is 3.07. The van der Waals surface area contributed by atoms with Gasteiger partial charge in [0, 0.05) is 18.5 Å². The van der Waals surface area contributed by atoms with E-state index in [0.29, 0.717) is 0 Å². The highest BCUT2D eigenvalue weighted by molar-refractivity contribution is 7.07. The van der Waals surface area contributed by atoms with Crippen LogP contribution in [0.1, 0.15) is 24.8 Å². The molecule has 0 atom stereocenters. The van der Waals surface area contributed by atoms with Crippen LogP contribution in [0.4, 0.5) is 0 Å². The third-order valence-electron chi connectivity index (χ3n) is 2.61. The van der Waals surface area contributed by atoms with Crippen molar-refractivity contribution in [2.75, 3.05) is 12.4 Å². The van der Waals surface area contributed by atoms with Crippen LogP contribution in [-0.2, 0) is 6.54 Å². The van der Waals surface area contributed by atoms with Gasteiger partial charge in [-0.05, 0) is 48.2 Å². The minimum Gasteiger partial charge on any atom is -0.296 e. The van der Waals surface area contributed by atoms with Gasteiger partial charge in [-0.3, -0.25) is 4.90 Å². The van der Waals surface area contributed by atoms with E-state index >= 15 is 0 Å². The molecule has 1 fully saturated rings. The van der Waals surface area contributed by atoms with Crippen LogP contribution >= 0.6 is 22.9 Å². The molecule has 0 radical (unpaired) electrons. The maximum absolute atomic E-state index is 5.73. The number of rotatable bonds is 6. The van der Waals surface area contributed by atoms with E-state index in [0.717, 1.165) is 31.4 Å². The molecule has 1 aliphatic rings. The van der Waals surface area contributed by atoms with Crippen molar-refractivity contribution in [3.05, 3.63) is 22.4 Å². The molecule has 0 unspecified atom stereocenters. The number of hydrogen-bond acceptors (Lipinski definition) is 2. The predicted molar refractivity (Wildman–Crippen MR) is 63.1 cm³/mol. The molecule has 0 aromatic carbocycles. The first-order chi connectivity index (χ1) is 6.90. The topological polar surface area (TPSA) is 3.24 Å². The third-order valence-corrected chi connectivity index (χ3v) is 3.61. The fourth-order valence-corrected chi connectivity index (χ4v) is 2.49. The second-order valence-corrected chi connectivity index (χ2v) is 5.03. The lowest BCUT2D eigenvalue weighted by molar-refractivity contribution is 0.256. The zero-order valence-electron chi connectivity index (χ0n) is 8.29. The molecule has 0 saturated heterocycles. The Morgan fingerprint density at radius 1 is 1.50 bits per heavy atom. The maximum Gasteiger partial charge on any atom is 0.0244 e. The molecule has 1 nitrogen and oxygen atoms in total. The van der Waals surface area contributed by atoms with Gasteiger partial charge in [0.2, 0.25) is 0 Å². The summed E-state index contributed by atoms with van der Waals surface area (Å²) in [6.07, 6.45) is 3.88. The van der Waals surface area contributed by atoms with E-state index in [1.54, 1.807) is 11.3 Å². The van der Waals surface area contributed by atoms with E-state index in [-0.39, 0.29) is 0 Å². The lowest BCUT2D eigenvalue weighted by Gasteiger charge is -2.20. The Balaban J connectivity index is 1.84. The largest absolute Gasteiger partial charge is 0.296 e. The van der Waals surface area contributed by atoms with E-state index in [2.05, 4.69) is 21.7 Å². The molecular formula is C11H16ClNS. The van der Waals surface area contributed by atoms with Crippen molar-refractivity contribution in [1.29, 1.82) is 0 Å². The number of alkyl halides is 1. The van der Waals surface area contributed by atoms with Crippen LogP contribution in [0, 0.1) is 0 Å². The van der Waals surface area contributed by atoms with Gasteiger partial charge in [0.15, 0.2) is 0 Å². The SMILES string of the molecule is ClCCCN(Cc1ccsc1)C1CC1. The molecule has 3 heteroatoms. The molecular weight excluding hydrogens is 214 g/mol. The van der Waals surface area contributed by atoms with Crippen molar-refractivity contribution >= 4 is 22.9 Å². The normalized spacial score (nSPS) is 16.4. The Kier molecular flexibility index (Phi) is 3.85. The molecule has 1 aromatic rings. The van der Waals surface area contributed by atoms with Gasteiger partial charge in [-0.1, -0.05) is 0 Å². The first-order valence-corrected chi connectivity index (χ1v) is 6.69. The fourth-order valence-electron chi connectivity index (χ4n) is 1.71. The smallest absolute Gasteiger partial charge is 0.0244 e. The van der Waals surface area contributed by atoms with E-state index in [9.17, 15) is 0 Å². The monoisotopic (exact) mass is 229 g/mol. The second kappa shape index (κ2) is 5.15. The van der Waals surface area contributed by atoms with Gasteiger partial charge in [0.25, 0.3) is 0 Å². The highest BCUT2D eigenvalue weighted by Gasteiger charge is 2.28. The van der Waals surface area contributed by atoms with Crippen molar-refractivity contribution in [3.63, 3.8) is 0 Å². The van der Waals surface area contributed by atoms with E-state index in [1.807, 2.05) is 0 Å². The molecule has 0 amide bonds. The zero-order chi connectivity index (χ0) is 9.80. The lowest BCUT2D eigenvalue weighted by atomic mass is 10.3. The molecule has 0 spiro atoms. The van der Waals surface area contributed by atoms with E-state index in [1.165, 1.54) is 18.4 Å². The van der Waals surface area contributed by atoms with Crippen LogP contribution in [0.15, 0.2) is 16.8 Å². The van der Waals surface area contributed by atoms with Gasteiger partial charge in [-0.2, -0.15) is 11.3 Å². The Morgan fingerprint density at radius 3 is 2.93 bits per heavy atom. The minimum atomic E-state index is 0.785. The van der Waals surface area contributed by atoms with E-state index < -0.39 is 0 Å². The summed E-state index contributed by atoms with van der Waals surface area (Å²) < 4.78 is 0. The van der Waals surface area contributed by atoms with Crippen molar-refractivity contribution < 1.29 is 0 Å². The van der Waals surface area contributed by atoms with Crippen LogP contribution in [0.5, 0.6) is 0 Å². The summed E-state index contributed by atoms with van der Waals surface area (Å²) in [4.78, 5) is 2.57. The Labute approximate surface area is 94.7 Å². The Bertz CT molecular complexity index is 256. The van der Waals surface area contributed by atoms with Gasteiger partial charge in [-0.15, -0.1) is 11.6 Å². The van der Waals surface area contributed by atoms with Crippen LogP contribution in [0.2, 0.25) is 0 Å². The minimum absolute atomic E-state index is 0.785. The average molecular weight is 230 g/mol. The van der Waals surface area contributed by atoms with Crippen molar-refractivity contribution in [3.8, 4) is 0 Å². The number of nitrogens with zero attached hydrogens (tertiary/aromatic N) is 1. The summed E-state index contributed by atoms with van der Waals surface area (Å²) in [6.45, 7) is 2.27. The average Bonchev–Trinajstić information content (AvgIpc) is 2.92. The number of halogens is 1. The van der Waals surface area contributed by atoms with Crippen LogP contribution in [0.3, 0.4) is 0 Å². The first-order valence-electron chi connectivity index (χ1n) is 5.21. The molecule has 0 aliphatic heterocycles. The van der Waals surface area contributed by atoms with Gasteiger partial charge in [-0.25, -0.2) is 0 Å². The van der Waals surface area contributed by atoms with Crippen LogP contribution in [-0.4, -0.2) is 23.4 Å². The summed E-state index contributed by atoms with van der Waals surface area (Å²) in [7, 11) is 0. The number of hydrogen-bond donors (Lipinski definition) is 0. The summed E-state index contributed by atoms with van der Waals surface area (Å²) in [5.74, 6) is 0.785. The molecule has 78 valence electrons. The standard InChI is InChI=1S/C11H16ClNS/c12-5-1-6-13(11-2-3-11)8-10-4-7-14-9-10/h4,7,9,11H,1-3,5-6,8H2. The molecule has 0 N–H and O–H groups in total. The second-order valence-electron chi connectivity index (χ2n) is 3.88. The summed E-state index contributed by atoms with van der Waals surface area (Å²) >= 11 is 7.51. The molecule has 1 heterocycles.